The fourth-order valence-corrected chi connectivity index (χ4v) is 3.43. The Bertz CT molecular complexity index is 993. The molecule has 1 heterocycles. The second kappa shape index (κ2) is 7.40. The van der Waals surface area contributed by atoms with E-state index >= 15 is 0 Å². The van der Waals surface area contributed by atoms with Gasteiger partial charge in [0.25, 0.3) is 5.56 Å². The molecule has 142 valence electrons. The van der Waals surface area contributed by atoms with E-state index in [1.54, 1.807) is 44.1 Å². The van der Waals surface area contributed by atoms with Crippen molar-refractivity contribution in [1.82, 2.24) is 14.5 Å². The highest BCUT2D eigenvalue weighted by molar-refractivity contribution is 6.04. The SMILES string of the molecule is Cc1nc2cccc(NC(=O)CN(C)C)c2c(=O)n1C1CCC(=O)CC1=O. The number of benzene rings is 1. The van der Waals surface area contributed by atoms with Crippen molar-refractivity contribution in [3.05, 3.63) is 34.4 Å². The predicted molar refractivity (Wildman–Crippen MR) is 101 cm³/mol. The zero-order valence-electron chi connectivity index (χ0n) is 15.6. The van der Waals surface area contributed by atoms with Crippen LogP contribution in [0.4, 0.5) is 5.69 Å². The first kappa shape index (κ1) is 18.9. The second-order valence-corrected chi connectivity index (χ2v) is 7.06. The molecule has 1 amide bonds. The van der Waals surface area contributed by atoms with Crippen molar-refractivity contribution < 1.29 is 14.4 Å². The number of Topliss-reactive ketones (excluding diaryl/α,β-unsaturated/α-hetero) is 2. The molecule has 1 aromatic heterocycles. The van der Waals surface area contributed by atoms with Gasteiger partial charge in [0, 0.05) is 6.42 Å². The molecule has 1 atom stereocenters. The Hall–Kier alpha value is -2.87. The van der Waals surface area contributed by atoms with E-state index in [1.165, 1.54) is 4.57 Å². The van der Waals surface area contributed by atoms with Crippen molar-refractivity contribution in [1.29, 1.82) is 0 Å². The zero-order chi connectivity index (χ0) is 19.7. The molecule has 27 heavy (non-hydrogen) atoms. The summed E-state index contributed by atoms with van der Waals surface area (Å²) in [4.78, 5) is 55.4. The van der Waals surface area contributed by atoms with Crippen LogP contribution in [-0.4, -0.2) is 52.6 Å². The highest BCUT2D eigenvalue weighted by Gasteiger charge is 2.31. The Balaban J connectivity index is 2.10. The molecular weight excluding hydrogens is 348 g/mol. The monoisotopic (exact) mass is 370 g/mol. The minimum atomic E-state index is -0.697. The van der Waals surface area contributed by atoms with Gasteiger partial charge in [0.2, 0.25) is 5.91 Å². The summed E-state index contributed by atoms with van der Waals surface area (Å²) < 4.78 is 1.36. The maximum Gasteiger partial charge on any atom is 0.264 e. The first-order valence-corrected chi connectivity index (χ1v) is 8.78. The third-order valence-corrected chi connectivity index (χ3v) is 4.59. The number of fused-ring (bicyclic) bond motifs is 1. The summed E-state index contributed by atoms with van der Waals surface area (Å²) in [5.41, 5.74) is 0.437. The first-order valence-electron chi connectivity index (χ1n) is 8.78. The molecule has 1 aromatic carbocycles. The van der Waals surface area contributed by atoms with Gasteiger partial charge in [-0.3, -0.25) is 23.7 Å². The van der Waals surface area contributed by atoms with E-state index in [0.717, 1.165) is 0 Å². The quantitative estimate of drug-likeness (QED) is 0.808. The van der Waals surface area contributed by atoms with E-state index in [1.807, 2.05) is 0 Å². The maximum atomic E-state index is 13.2. The molecule has 0 bridgehead atoms. The van der Waals surface area contributed by atoms with E-state index in [9.17, 15) is 19.2 Å². The number of carbonyl (C=O) groups excluding carboxylic acids is 3. The Labute approximate surface area is 156 Å². The molecule has 3 rings (SSSR count). The molecule has 2 aromatic rings. The molecule has 1 saturated carbocycles. The molecule has 8 nitrogen and oxygen atoms in total. The average molecular weight is 370 g/mol. The molecule has 0 radical (unpaired) electrons. The molecule has 0 saturated heterocycles. The van der Waals surface area contributed by atoms with E-state index in [2.05, 4.69) is 10.3 Å². The highest BCUT2D eigenvalue weighted by Crippen LogP contribution is 2.25. The van der Waals surface area contributed by atoms with Gasteiger partial charge in [-0.2, -0.15) is 0 Å². The minimum Gasteiger partial charge on any atom is -0.324 e. The van der Waals surface area contributed by atoms with Crippen LogP contribution >= 0.6 is 0 Å². The van der Waals surface area contributed by atoms with Crippen LogP contribution in [0.2, 0.25) is 0 Å². The van der Waals surface area contributed by atoms with Crippen molar-refractivity contribution >= 4 is 34.1 Å². The lowest BCUT2D eigenvalue weighted by Crippen LogP contribution is -2.36. The molecule has 1 fully saturated rings. The number of carbonyl (C=O) groups is 3. The minimum absolute atomic E-state index is 0.104. The van der Waals surface area contributed by atoms with Crippen LogP contribution in [0.3, 0.4) is 0 Å². The maximum absolute atomic E-state index is 13.2. The lowest BCUT2D eigenvalue weighted by Gasteiger charge is -2.24. The number of amides is 1. The summed E-state index contributed by atoms with van der Waals surface area (Å²) in [6.07, 6.45) is 0.401. The number of nitrogens with zero attached hydrogens (tertiary/aromatic N) is 3. The zero-order valence-corrected chi connectivity index (χ0v) is 15.6. The molecule has 1 unspecified atom stereocenters. The smallest absolute Gasteiger partial charge is 0.264 e. The standard InChI is InChI=1S/C19H22N4O4/c1-11-20-13-5-4-6-14(21-17(26)10-22(2)3)18(13)19(27)23(11)15-8-7-12(24)9-16(15)25/h4-6,15H,7-10H2,1-3H3,(H,21,26). The molecule has 1 aliphatic carbocycles. The third-order valence-electron chi connectivity index (χ3n) is 4.59. The predicted octanol–water partition coefficient (Wildman–Crippen LogP) is 1.07. The third kappa shape index (κ3) is 3.80. The van der Waals surface area contributed by atoms with Crippen molar-refractivity contribution in [2.45, 2.75) is 32.2 Å². The van der Waals surface area contributed by atoms with Gasteiger partial charge >= 0.3 is 0 Å². The number of anilines is 1. The van der Waals surface area contributed by atoms with Gasteiger partial charge in [-0.25, -0.2) is 4.98 Å². The summed E-state index contributed by atoms with van der Waals surface area (Å²) in [5, 5.41) is 3.02. The summed E-state index contributed by atoms with van der Waals surface area (Å²) in [7, 11) is 3.55. The summed E-state index contributed by atoms with van der Waals surface area (Å²) in [6, 6.07) is 4.36. The first-order chi connectivity index (χ1) is 12.8. The Morgan fingerprint density at radius 2 is 2.04 bits per heavy atom. The number of hydrogen-bond donors (Lipinski definition) is 1. The van der Waals surface area contributed by atoms with E-state index in [4.69, 9.17) is 0 Å². The van der Waals surface area contributed by atoms with Crippen molar-refractivity contribution in [3.8, 4) is 0 Å². The average Bonchev–Trinajstić information content (AvgIpc) is 2.55. The van der Waals surface area contributed by atoms with Crippen LogP contribution in [0.25, 0.3) is 10.9 Å². The van der Waals surface area contributed by atoms with Crippen molar-refractivity contribution in [2.75, 3.05) is 26.0 Å². The van der Waals surface area contributed by atoms with Gasteiger partial charge in [0.05, 0.1) is 35.6 Å². The van der Waals surface area contributed by atoms with Gasteiger partial charge < -0.3 is 10.2 Å². The Morgan fingerprint density at radius 1 is 1.30 bits per heavy atom. The lowest BCUT2D eigenvalue weighted by atomic mass is 9.92. The lowest BCUT2D eigenvalue weighted by molar-refractivity contribution is -0.132. The van der Waals surface area contributed by atoms with Gasteiger partial charge in [-0.15, -0.1) is 0 Å². The Kier molecular flexibility index (Phi) is 5.18. The van der Waals surface area contributed by atoms with Gasteiger partial charge in [-0.1, -0.05) is 6.07 Å². The number of nitrogens with one attached hydrogen (secondary N) is 1. The van der Waals surface area contributed by atoms with Crippen LogP contribution in [-0.2, 0) is 14.4 Å². The van der Waals surface area contributed by atoms with Crippen LogP contribution in [0.1, 0.15) is 31.1 Å². The largest absolute Gasteiger partial charge is 0.324 e. The number of hydrogen-bond acceptors (Lipinski definition) is 6. The van der Waals surface area contributed by atoms with Gasteiger partial charge in [0.15, 0.2) is 5.78 Å². The fraction of sp³-hybridized carbons (Fsp3) is 0.421. The molecule has 1 N–H and O–H groups in total. The number of aryl methyl sites for hydroxylation is 1. The fourth-order valence-electron chi connectivity index (χ4n) is 3.43. The van der Waals surface area contributed by atoms with Crippen LogP contribution < -0.4 is 10.9 Å². The van der Waals surface area contributed by atoms with Crippen molar-refractivity contribution in [3.63, 3.8) is 0 Å². The summed E-state index contributed by atoms with van der Waals surface area (Å²) in [6.45, 7) is 1.84. The van der Waals surface area contributed by atoms with Crippen LogP contribution in [0.15, 0.2) is 23.0 Å². The van der Waals surface area contributed by atoms with Gasteiger partial charge in [-0.05, 0) is 39.6 Å². The van der Waals surface area contributed by atoms with E-state index in [0.29, 0.717) is 23.4 Å². The summed E-state index contributed by atoms with van der Waals surface area (Å²) in [5.74, 6) is -0.214. The molecule has 8 heteroatoms. The molecular formula is C19H22N4O4. The van der Waals surface area contributed by atoms with E-state index in [-0.39, 0.29) is 47.8 Å². The topological polar surface area (TPSA) is 101 Å². The highest BCUT2D eigenvalue weighted by atomic mass is 16.2. The number of rotatable bonds is 4. The van der Waals surface area contributed by atoms with Crippen LogP contribution in [0, 0.1) is 6.92 Å². The number of ketones is 2. The number of aromatic nitrogens is 2. The molecule has 1 aliphatic rings. The molecule has 0 aliphatic heterocycles. The Morgan fingerprint density at radius 3 is 2.70 bits per heavy atom. The van der Waals surface area contributed by atoms with Crippen LogP contribution in [0.5, 0.6) is 0 Å². The summed E-state index contributed by atoms with van der Waals surface area (Å²) >= 11 is 0. The van der Waals surface area contributed by atoms with E-state index < -0.39 is 6.04 Å². The van der Waals surface area contributed by atoms with Crippen molar-refractivity contribution in [2.24, 2.45) is 0 Å². The number of likely N-dealkylation sites (N-methyl/N-ethyl adjacent to an activating group) is 1. The van der Waals surface area contributed by atoms with Gasteiger partial charge in [0.1, 0.15) is 11.6 Å². The second-order valence-electron chi connectivity index (χ2n) is 7.06. The normalized spacial score (nSPS) is 17.6. The molecule has 0 spiro atoms.